The standard InChI is InChI=1S/C23H25N5O4S2/c1-3-27(4-2)34(31,32)19-12-10-18(11-13-19)28-15-17(14-20(28)29)22(30)25-23-24-21(26-33-23)16-8-6-5-7-9-16/h5-13,17H,3-4,14-15H2,1-2H3,(H,24,25,26,30). The van der Waals surface area contributed by atoms with Gasteiger partial charge in [-0.2, -0.15) is 13.7 Å². The van der Waals surface area contributed by atoms with Crippen LogP contribution in [0.25, 0.3) is 11.4 Å². The first-order valence-electron chi connectivity index (χ1n) is 10.9. The number of carbonyl (C=O) groups is 2. The number of sulfonamides is 1. The summed E-state index contributed by atoms with van der Waals surface area (Å²) in [6, 6.07) is 15.7. The summed E-state index contributed by atoms with van der Waals surface area (Å²) in [5.74, 6) is -0.505. The molecule has 178 valence electrons. The number of hydrogen-bond donors (Lipinski definition) is 1. The van der Waals surface area contributed by atoms with E-state index >= 15 is 0 Å². The molecule has 11 heteroatoms. The van der Waals surface area contributed by atoms with Gasteiger partial charge < -0.3 is 10.2 Å². The summed E-state index contributed by atoms with van der Waals surface area (Å²) >= 11 is 1.09. The summed E-state index contributed by atoms with van der Waals surface area (Å²) < 4.78 is 31.0. The zero-order chi connectivity index (χ0) is 24.3. The lowest BCUT2D eigenvalue weighted by atomic mass is 10.1. The Kier molecular flexibility index (Phi) is 7.05. The van der Waals surface area contributed by atoms with E-state index in [2.05, 4.69) is 14.7 Å². The number of carbonyl (C=O) groups excluding carboxylic acids is 2. The number of hydrogen-bond acceptors (Lipinski definition) is 7. The quantitative estimate of drug-likeness (QED) is 0.509. The highest BCUT2D eigenvalue weighted by Gasteiger charge is 2.35. The van der Waals surface area contributed by atoms with Crippen molar-refractivity contribution in [1.29, 1.82) is 0 Å². The first kappa shape index (κ1) is 24.0. The Labute approximate surface area is 202 Å². The molecular formula is C23H25N5O4S2. The topological polar surface area (TPSA) is 113 Å². The van der Waals surface area contributed by atoms with Crippen LogP contribution >= 0.6 is 11.5 Å². The van der Waals surface area contributed by atoms with E-state index in [-0.39, 0.29) is 29.7 Å². The van der Waals surface area contributed by atoms with E-state index in [1.54, 1.807) is 26.0 Å². The highest BCUT2D eigenvalue weighted by molar-refractivity contribution is 7.89. The molecule has 1 unspecified atom stereocenters. The molecule has 1 aromatic heterocycles. The second-order valence-electron chi connectivity index (χ2n) is 7.77. The van der Waals surface area contributed by atoms with Gasteiger partial charge in [0.1, 0.15) is 0 Å². The maximum absolute atomic E-state index is 12.8. The van der Waals surface area contributed by atoms with Crippen molar-refractivity contribution < 1.29 is 18.0 Å². The van der Waals surface area contributed by atoms with Gasteiger partial charge >= 0.3 is 0 Å². The highest BCUT2D eigenvalue weighted by atomic mass is 32.2. The molecule has 3 aromatic rings. The van der Waals surface area contributed by atoms with Crippen molar-refractivity contribution in [2.24, 2.45) is 5.92 Å². The first-order valence-corrected chi connectivity index (χ1v) is 13.2. The van der Waals surface area contributed by atoms with Gasteiger partial charge in [0.2, 0.25) is 27.0 Å². The molecule has 1 fully saturated rings. The van der Waals surface area contributed by atoms with Gasteiger partial charge in [0.15, 0.2) is 5.82 Å². The summed E-state index contributed by atoms with van der Waals surface area (Å²) in [4.78, 5) is 31.4. The Morgan fingerprint density at radius 3 is 2.44 bits per heavy atom. The van der Waals surface area contributed by atoms with Crippen LogP contribution in [0.15, 0.2) is 59.5 Å². The molecule has 0 spiro atoms. The van der Waals surface area contributed by atoms with Crippen molar-refractivity contribution in [3.8, 4) is 11.4 Å². The van der Waals surface area contributed by atoms with Gasteiger partial charge in [-0.1, -0.05) is 44.2 Å². The van der Waals surface area contributed by atoms with Crippen LogP contribution in [-0.2, 0) is 19.6 Å². The third kappa shape index (κ3) is 4.86. The molecule has 1 N–H and O–H groups in total. The molecular weight excluding hydrogens is 474 g/mol. The van der Waals surface area contributed by atoms with E-state index in [9.17, 15) is 18.0 Å². The van der Waals surface area contributed by atoms with Gasteiger partial charge in [-0.25, -0.2) is 8.42 Å². The Bertz CT molecular complexity index is 1270. The Balaban J connectivity index is 1.42. The predicted molar refractivity (Wildman–Crippen MR) is 131 cm³/mol. The zero-order valence-corrected chi connectivity index (χ0v) is 20.5. The lowest BCUT2D eigenvalue weighted by Crippen LogP contribution is -2.31. The van der Waals surface area contributed by atoms with Gasteiger partial charge in [0, 0.05) is 48.8 Å². The summed E-state index contributed by atoms with van der Waals surface area (Å²) in [6.45, 7) is 4.53. The minimum Gasteiger partial charge on any atom is -0.312 e. The summed E-state index contributed by atoms with van der Waals surface area (Å²) in [7, 11) is -3.58. The molecule has 1 saturated heterocycles. The van der Waals surface area contributed by atoms with E-state index in [0.29, 0.717) is 29.7 Å². The lowest BCUT2D eigenvalue weighted by molar-refractivity contribution is -0.122. The maximum Gasteiger partial charge on any atom is 0.243 e. The van der Waals surface area contributed by atoms with Crippen molar-refractivity contribution in [2.75, 3.05) is 29.9 Å². The Morgan fingerprint density at radius 1 is 1.12 bits per heavy atom. The fourth-order valence-corrected chi connectivity index (χ4v) is 5.88. The zero-order valence-electron chi connectivity index (χ0n) is 18.8. The van der Waals surface area contributed by atoms with Crippen molar-refractivity contribution in [2.45, 2.75) is 25.2 Å². The number of nitrogens with one attached hydrogen (secondary N) is 1. The molecule has 2 aromatic carbocycles. The second kappa shape index (κ2) is 10.00. The van der Waals surface area contributed by atoms with Crippen LogP contribution in [0.3, 0.4) is 0 Å². The molecule has 2 amide bonds. The normalized spacial score (nSPS) is 16.3. The number of amides is 2. The van der Waals surface area contributed by atoms with Crippen LogP contribution in [0.5, 0.6) is 0 Å². The number of aromatic nitrogens is 2. The smallest absolute Gasteiger partial charge is 0.243 e. The molecule has 0 saturated carbocycles. The van der Waals surface area contributed by atoms with Gasteiger partial charge in [-0.05, 0) is 24.3 Å². The molecule has 9 nitrogen and oxygen atoms in total. The van der Waals surface area contributed by atoms with Crippen LogP contribution in [0.4, 0.5) is 10.8 Å². The SMILES string of the molecule is CCN(CC)S(=O)(=O)c1ccc(N2CC(C(=O)Nc3nc(-c4ccccc4)ns3)CC2=O)cc1. The molecule has 1 aliphatic heterocycles. The summed E-state index contributed by atoms with van der Waals surface area (Å²) in [5, 5.41) is 3.14. The number of benzene rings is 2. The molecule has 2 heterocycles. The molecule has 0 bridgehead atoms. The molecule has 0 radical (unpaired) electrons. The van der Waals surface area contributed by atoms with Crippen LogP contribution in [0.1, 0.15) is 20.3 Å². The second-order valence-corrected chi connectivity index (χ2v) is 10.5. The van der Waals surface area contributed by atoms with Gasteiger partial charge in [0.05, 0.1) is 10.8 Å². The van der Waals surface area contributed by atoms with E-state index < -0.39 is 15.9 Å². The van der Waals surface area contributed by atoms with Crippen molar-refractivity contribution in [3.05, 3.63) is 54.6 Å². The number of anilines is 2. The third-order valence-corrected chi connectivity index (χ3v) is 8.37. The van der Waals surface area contributed by atoms with Crippen LogP contribution in [0, 0.1) is 5.92 Å². The van der Waals surface area contributed by atoms with Crippen molar-refractivity contribution >= 4 is 44.2 Å². The molecule has 1 atom stereocenters. The molecule has 34 heavy (non-hydrogen) atoms. The number of rotatable bonds is 8. The maximum atomic E-state index is 12.8. The molecule has 4 rings (SSSR count). The van der Waals surface area contributed by atoms with Crippen LogP contribution < -0.4 is 10.2 Å². The molecule has 0 aliphatic carbocycles. The Hall–Kier alpha value is -3.15. The average Bonchev–Trinajstić information content (AvgIpc) is 3.47. The van der Waals surface area contributed by atoms with E-state index in [4.69, 9.17) is 0 Å². The first-order chi connectivity index (χ1) is 16.3. The largest absolute Gasteiger partial charge is 0.312 e. The minimum atomic E-state index is -3.58. The monoisotopic (exact) mass is 499 g/mol. The van der Waals surface area contributed by atoms with Gasteiger partial charge in [-0.3, -0.25) is 9.59 Å². The van der Waals surface area contributed by atoms with Gasteiger partial charge in [0.25, 0.3) is 0 Å². The fraction of sp³-hybridized carbons (Fsp3) is 0.304. The van der Waals surface area contributed by atoms with Crippen LogP contribution in [0.2, 0.25) is 0 Å². The summed E-state index contributed by atoms with van der Waals surface area (Å²) in [6.07, 6.45) is 0.0652. The number of nitrogens with zero attached hydrogens (tertiary/aromatic N) is 4. The third-order valence-electron chi connectivity index (χ3n) is 5.68. The van der Waals surface area contributed by atoms with Crippen molar-refractivity contribution in [1.82, 2.24) is 13.7 Å². The van der Waals surface area contributed by atoms with E-state index in [1.165, 1.54) is 21.3 Å². The van der Waals surface area contributed by atoms with E-state index in [1.807, 2.05) is 30.3 Å². The average molecular weight is 500 g/mol. The van der Waals surface area contributed by atoms with Crippen molar-refractivity contribution in [3.63, 3.8) is 0 Å². The van der Waals surface area contributed by atoms with E-state index in [0.717, 1.165) is 17.1 Å². The summed E-state index contributed by atoms with van der Waals surface area (Å²) in [5.41, 5.74) is 1.41. The lowest BCUT2D eigenvalue weighted by Gasteiger charge is -2.20. The highest BCUT2D eigenvalue weighted by Crippen LogP contribution is 2.28. The predicted octanol–water partition coefficient (Wildman–Crippen LogP) is 3.23. The van der Waals surface area contributed by atoms with Gasteiger partial charge in [-0.15, -0.1) is 0 Å². The molecule has 1 aliphatic rings. The Morgan fingerprint density at radius 2 is 1.79 bits per heavy atom. The van der Waals surface area contributed by atoms with Crippen LogP contribution in [-0.4, -0.2) is 53.5 Å². The minimum absolute atomic E-state index is 0.0652. The fourth-order valence-electron chi connectivity index (χ4n) is 3.83.